The molecule has 0 radical (unpaired) electrons. The van der Waals surface area contributed by atoms with Gasteiger partial charge in [0.25, 0.3) is 11.8 Å². The van der Waals surface area contributed by atoms with Gasteiger partial charge in [-0.2, -0.15) is 10.1 Å². The van der Waals surface area contributed by atoms with Crippen LogP contribution in [-0.2, 0) is 0 Å². The second-order valence-corrected chi connectivity index (χ2v) is 10.1. The fourth-order valence-corrected chi connectivity index (χ4v) is 5.18. The van der Waals surface area contributed by atoms with Gasteiger partial charge in [-0.1, -0.05) is 73.5 Å². The number of aromatic nitrogens is 4. The second-order valence-electron chi connectivity index (χ2n) is 9.70. The van der Waals surface area contributed by atoms with E-state index in [0.717, 1.165) is 40.6 Å². The van der Waals surface area contributed by atoms with Crippen molar-refractivity contribution in [2.24, 2.45) is 0 Å². The minimum absolute atomic E-state index is 0.0587. The quantitative estimate of drug-likeness (QED) is 0.181. The fraction of sp³-hybridized carbons (Fsp3) is 0.125. The van der Waals surface area contributed by atoms with Gasteiger partial charge in [-0.3, -0.25) is 4.79 Å². The zero-order valence-electron chi connectivity index (χ0n) is 22.1. The van der Waals surface area contributed by atoms with Gasteiger partial charge in [0, 0.05) is 21.7 Å². The lowest BCUT2D eigenvalue weighted by Crippen LogP contribution is -2.28. The number of halogens is 1. The molecule has 1 atom stereocenters. The molecule has 0 aliphatic rings. The number of rotatable bonds is 8. The molecule has 0 aliphatic carbocycles. The van der Waals surface area contributed by atoms with Crippen molar-refractivity contribution in [2.75, 3.05) is 0 Å². The van der Waals surface area contributed by atoms with Gasteiger partial charge in [0.1, 0.15) is 5.82 Å². The lowest BCUT2D eigenvalue weighted by molar-refractivity contribution is 0.0934. The van der Waals surface area contributed by atoms with Crippen LogP contribution in [-0.4, -0.2) is 26.0 Å². The summed E-state index contributed by atoms with van der Waals surface area (Å²) in [6.45, 7) is 2.08. The predicted molar refractivity (Wildman–Crippen MR) is 160 cm³/mol. The fourth-order valence-electron chi connectivity index (χ4n) is 5.01. The van der Waals surface area contributed by atoms with Crippen molar-refractivity contribution < 1.29 is 9.32 Å². The summed E-state index contributed by atoms with van der Waals surface area (Å²) in [4.78, 5) is 37.6. The maximum absolute atomic E-state index is 13.5. The van der Waals surface area contributed by atoms with Crippen LogP contribution >= 0.6 is 11.6 Å². The number of nitrogens with one attached hydrogen (secondary N) is 3. The van der Waals surface area contributed by atoms with Gasteiger partial charge < -0.3 is 14.8 Å². The molecule has 4 aromatic carbocycles. The first-order valence-corrected chi connectivity index (χ1v) is 13.7. The Labute approximate surface area is 240 Å². The molecule has 8 nitrogen and oxygen atoms in total. The molecule has 0 spiro atoms. The average molecular weight is 564 g/mol. The number of hydrogen-bond donors (Lipinski definition) is 3. The molecule has 2 aromatic heterocycles. The number of benzene rings is 4. The third kappa shape index (κ3) is 5.42. The summed E-state index contributed by atoms with van der Waals surface area (Å²) >= 11 is 6.47. The van der Waals surface area contributed by atoms with Crippen molar-refractivity contribution in [1.29, 1.82) is 0 Å². The number of imidazole rings is 1. The lowest BCUT2D eigenvalue weighted by atomic mass is 9.93. The minimum Gasteiger partial charge on any atom is -0.357 e. The maximum atomic E-state index is 13.5. The second kappa shape index (κ2) is 11.3. The molecule has 3 N–H and O–H groups in total. The number of amides is 1. The number of H-pyrrole nitrogens is 2. The highest BCUT2D eigenvalue weighted by Gasteiger charge is 2.22. The summed E-state index contributed by atoms with van der Waals surface area (Å²) in [5.41, 5.74) is 5.18. The van der Waals surface area contributed by atoms with Crippen LogP contribution in [0.1, 0.15) is 41.7 Å². The minimum atomic E-state index is -0.628. The largest absolute Gasteiger partial charge is 0.377 e. The highest BCUT2D eigenvalue weighted by Crippen LogP contribution is 2.39. The van der Waals surface area contributed by atoms with E-state index in [1.165, 1.54) is 0 Å². The Bertz CT molecular complexity index is 1870. The summed E-state index contributed by atoms with van der Waals surface area (Å²) in [6.07, 6.45) is 1.69. The molecule has 0 bridgehead atoms. The highest BCUT2D eigenvalue weighted by atomic mass is 35.5. The number of para-hydroxylation sites is 2. The molecule has 0 saturated heterocycles. The van der Waals surface area contributed by atoms with Crippen LogP contribution < -0.4 is 11.0 Å². The van der Waals surface area contributed by atoms with E-state index in [4.69, 9.17) is 21.1 Å². The van der Waals surface area contributed by atoms with Gasteiger partial charge in [-0.25, -0.2) is 9.78 Å². The summed E-state index contributed by atoms with van der Waals surface area (Å²) in [5, 5.41) is 5.93. The Hall–Kier alpha value is -4.95. The Kier molecular flexibility index (Phi) is 7.22. The van der Waals surface area contributed by atoms with Crippen LogP contribution in [0.5, 0.6) is 0 Å². The molecule has 2 heterocycles. The number of nitrogens with zero attached hydrogens (tertiary/aromatic N) is 2. The number of carbonyl (C=O) groups excluding carboxylic acids is 1. The molecular formula is C32H26ClN5O3. The molecule has 204 valence electrons. The van der Waals surface area contributed by atoms with Crippen molar-refractivity contribution in [1.82, 2.24) is 25.4 Å². The van der Waals surface area contributed by atoms with E-state index in [2.05, 4.69) is 27.4 Å². The Morgan fingerprint density at radius 2 is 1.68 bits per heavy atom. The van der Waals surface area contributed by atoms with Crippen LogP contribution in [0.3, 0.4) is 0 Å². The number of carbonyl (C=O) groups is 1. The van der Waals surface area contributed by atoms with Crippen LogP contribution in [0.2, 0.25) is 5.02 Å². The van der Waals surface area contributed by atoms with E-state index in [1.807, 2.05) is 72.8 Å². The smallest absolute Gasteiger partial charge is 0.357 e. The standard InChI is InChI=1S/C32H26ClN5O3/c1-2-8-26(19-9-4-3-5-10-19)36-30(39)20-13-15-22(25(17-20)31-37-32(40)38-41-31)24-18-21(33)14-16-23(24)29-34-27-11-6-7-12-28(27)35-29/h3-7,9-18,26H,2,8H2,1H3,(H,34,35)(H,36,39)(H,38,40). The molecule has 9 heteroatoms. The molecular weight excluding hydrogens is 538 g/mol. The molecule has 1 amide bonds. The summed E-state index contributed by atoms with van der Waals surface area (Å²) in [5.74, 6) is 0.462. The molecule has 6 aromatic rings. The van der Waals surface area contributed by atoms with Crippen LogP contribution in [0, 0.1) is 0 Å². The van der Waals surface area contributed by atoms with Crippen molar-refractivity contribution in [3.63, 3.8) is 0 Å². The van der Waals surface area contributed by atoms with Crippen LogP contribution in [0.25, 0.3) is 45.0 Å². The van der Waals surface area contributed by atoms with Gasteiger partial charge >= 0.3 is 5.69 Å². The first-order chi connectivity index (χ1) is 20.0. The first kappa shape index (κ1) is 26.3. The maximum Gasteiger partial charge on any atom is 0.377 e. The molecule has 6 rings (SSSR count). The van der Waals surface area contributed by atoms with Gasteiger partial charge in [-0.05, 0) is 65.6 Å². The molecule has 0 fully saturated rings. The highest BCUT2D eigenvalue weighted by molar-refractivity contribution is 6.31. The topological polar surface area (TPSA) is 117 Å². The lowest BCUT2D eigenvalue weighted by Gasteiger charge is -2.19. The van der Waals surface area contributed by atoms with E-state index in [9.17, 15) is 9.59 Å². The van der Waals surface area contributed by atoms with Crippen LogP contribution in [0.4, 0.5) is 0 Å². The third-order valence-electron chi connectivity index (χ3n) is 6.95. The van der Waals surface area contributed by atoms with E-state index < -0.39 is 5.69 Å². The normalized spacial score (nSPS) is 12.0. The third-order valence-corrected chi connectivity index (χ3v) is 7.19. The van der Waals surface area contributed by atoms with Gasteiger partial charge in [0.15, 0.2) is 0 Å². The molecule has 0 aliphatic heterocycles. The monoisotopic (exact) mass is 563 g/mol. The van der Waals surface area contributed by atoms with E-state index in [0.29, 0.717) is 27.5 Å². The Morgan fingerprint density at radius 1 is 0.902 bits per heavy atom. The number of hydrogen-bond acceptors (Lipinski definition) is 5. The number of fused-ring (bicyclic) bond motifs is 1. The van der Waals surface area contributed by atoms with Crippen LogP contribution in [0.15, 0.2) is 100 Å². The first-order valence-electron chi connectivity index (χ1n) is 13.3. The number of aromatic amines is 2. The van der Waals surface area contributed by atoms with E-state index >= 15 is 0 Å². The summed E-state index contributed by atoms with van der Waals surface area (Å²) < 4.78 is 5.42. The van der Waals surface area contributed by atoms with Crippen molar-refractivity contribution in [2.45, 2.75) is 25.8 Å². The predicted octanol–water partition coefficient (Wildman–Crippen LogP) is 7.16. The average Bonchev–Trinajstić information content (AvgIpc) is 3.63. The molecule has 41 heavy (non-hydrogen) atoms. The summed E-state index contributed by atoms with van der Waals surface area (Å²) in [6, 6.07) is 28.2. The zero-order chi connectivity index (χ0) is 28.3. The van der Waals surface area contributed by atoms with Gasteiger partial charge in [-0.15, -0.1) is 0 Å². The SMILES string of the molecule is CCCC(NC(=O)c1ccc(-c2cc(Cl)ccc2-c2nc3ccccc3[nH]2)c(-c2nc(=O)[nH]o2)c1)c1ccccc1. The van der Waals surface area contributed by atoms with E-state index in [1.54, 1.807) is 18.2 Å². The van der Waals surface area contributed by atoms with Crippen molar-refractivity contribution in [3.05, 3.63) is 118 Å². The van der Waals surface area contributed by atoms with Crippen molar-refractivity contribution >= 4 is 28.5 Å². The zero-order valence-corrected chi connectivity index (χ0v) is 22.9. The van der Waals surface area contributed by atoms with Gasteiger partial charge in [0.05, 0.1) is 17.1 Å². The molecule has 0 saturated carbocycles. The van der Waals surface area contributed by atoms with E-state index in [-0.39, 0.29) is 17.8 Å². The van der Waals surface area contributed by atoms with Crippen molar-refractivity contribution in [3.8, 4) is 34.0 Å². The molecule has 1 unspecified atom stereocenters. The van der Waals surface area contributed by atoms with Gasteiger partial charge in [0.2, 0.25) is 0 Å². The Balaban J connectivity index is 1.45. The summed E-state index contributed by atoms with van der Waals surface area (Å²) in [7, 11) is 0. The Morgan fingerprint density at radius 3 is 2.44 bits per heavy atom.